The van der Waals surface area contributed by atoms with Crippen LogP contribution < -0.4 is 5.32 Å². The largest absolute Gasteiger partial charge is 0.326 e. The molecule has 4 rings (SSSR count). The molecule has 2 aliphatic heterocycles. The van der Waals surface area contributed by atoms with Gasteiger partial charge in [-0.2, -0.15) is 0 Å². The molecule has 1 spiro atoms. The molecule has 0 saturated carbocycles. The smallest absolute Gasteiger partial charge is 0.272 e. The number of nitrogens with one attached hydrogen (secondary N) is 1. The molecular formula is C21H23N3O3S. The summed E-state index contributed by atoms with van der Waals surface area (Å²) < 4.78 is 27.0. The first-order valence-electron chi connectivity index (χ1n) is 9.38. The van der Waals surface area contributed by atoms with E-state index in [1.165, 1.54) is 4.31 Å². The van der Waals surface area contributed by atoms with Crippen molar-refractivity contribution in [2.45, 2.75) is 31.2 Å². The van der Waals surface area contributed by atoms with Gasteiger partial charge in [-0.1, -0.05) is 54.1 Å². The lowest BCUT2D eigenvalue weighted by molar-refractivity contribution is -0.115. The molecule has 0 atom stereocenters. The lowest BCUT2D eigenvalue weighted by Gasteiger charge is -2.36. The highest BCUT2D eigenvalue weighted by molar-refractivity contribution is 7.88. The highest BCUT2D eigenvalue weighted by Crippen LogP contribution is 2.30. The molecule has 0 radical (unpaired) electrons. The molecule has 1 N–H and O–H groups in total. The van der Waals surface area contributed by atoms with Crippen LogP contribution >= 0.6 is 0 Å². The number of nitrogens with zero attached hydrogens (tertiary/aromatic N) is 2. The minimum absolute atomic E-state index is 0.00892. The van der Waals surface area contributed by atoms with Gasteiger partial charge in [-0.3, -0.25) is 9.79 Å². The van der Waals surface area contributed by atoms with Crippen molar-refractivity contribution in [1.29, 1.82) is 0 Å². The summed E-state index contributed by atoms with van der Waals surface area (Å²) in [7, 11) is -3.40. The average Bonchev–Trinajstić information content (AvgIpc) is 2.98. The third-order valence-corrected chi connectivity index (χ3v) is 7.16. The van der Waals surface area contributed by atoms with Gasteiger partial charge in [0.25, 0.3) is 5.91 Å². The van der Waals surface area contributed by atoms with Gasteiger partial charge in [0, 0.05) is 31.5 Å². The topological polar surface area (TPSA) is 78.8 Å². The zero-order valence-electron chi connectivity index (χ0n) is 15.8. The molecule has 1 saturated heterocycles. The first kappa shape index (κ1) is 18.8. The second-order valence-corrected chi connectivity index (χ2v) is 9.43. The van der Waals surface area contributed by atoms with Crippen LogP contribution in [0.25, 0.3) is 0 Å². The molecule has 2 heterocycles. The van der Waals surface area contributed by atoms with Gasteiger partial charge >= 0.3 is 0 Å². The molecule has 0 aromatic heterocycles. The van der Waals surface area contributed by atoms with Crippen molar-refractivity contribution in [3.8, 4) is 0 Å². The summed E-state index contributed by atoms with van der Waals surface area (Å²) in [6, 6.07) is 16.9. The lowest BCUT2D eigenvalue weighted by Crippen LogP contribution is -2.52. The summed E-state index contributed by atoms with van der Waals surface area (Å²) in [5.74, 6) is -0.198. The van der Waals surface area contributed by atoms with E-state index in [2.05, 4.69) is 5.32 Å². The van der Waals surface area contributed by atoms with Crippen LogP contribution in [0, 0.1) is 6.92 Å². The number of amides is 1. The second-order valence-electron chi connectivity index (χ2n) is 7.46. The Morgan fingerprint density at radius 3 is 2.46 bits per heavy atom. The lowest BCUT2D eigenvalue weighted by atomic mass is 10.00. The predicted octanol–water partition coefficient (Wildman–Crippen LogP) is 2.24. The molecule has 6 nitrogen and oxygen atoms in total. The number of benzene rings is 2. The molecule has 0 aliphatic carbocycles. The molecule has 0 unspecified atom stereocenters. The number of aliphatic imine (C=N–C) groups is 1. The molecule has 0 bridgehead atoms. The average molecular weight is 398 g/mol. The monoisotopic (exact) mass is 397 g/mol. The predicted molar refractivity (Wildman–Crippen MR) is 108 cm³/mol. The van der Waals surface area contributed by atoms with Gasteiger partial charge in [0.05, 0.1) is 5.75 Å². The Hall–Kier alpha value is -2.51. The van der Waals surface area contributed by atoms with Gasteiger partial charge in [0.2, 0.25) is 10.0 Å². The first-order valence-corrected chi connectivity index (χ1v) is 11.0. The fourth-order valence-corrected chi connectivity index (χ4v) is 5.33. The van der Waals surface area contributed by atoms with Gasteiger partial charge in [0.1, 0.15) is 11.4 Å². The number of piperidine rings is 1. The highest BCUT2D eigenvalue weighted by Gasteiger charge is 2.44. The Morgan fingerprint density at radius 1 is 1.07 bits per heavy atom. The molecule has 1 fully saturated rings. The minimum atomic E-state index is -3.40. The molecule has 2 aromatic rings. The Bertz CT molecular complexity index is 1020. The van der Waals surface area contributed by atoms with Crippen molar-refractivity contribution in [3.05, 3.63) is 71.3 Å². The maximum atomic E-state index is 12.7. The maximum absolute atomic E-state index is 12.7. The van der Waals surface area contributed by atoms with Crippen molar-refractivity contribution in [2.75, 3.05) is 13.1 Å². The van der Waals surface area contributed by atoms with E-state index in [4.69, 9.17) is 4.99 Å². The van der Waals surface area contributed by atoms with Crippen LogP contribution in [-0.4, -0.2) is 43.1 Å². The summed E-state index contributed by atoms with van der Waals surface area (Å²) in [6.07, 6.45) is 0.949. The van der Waals surface area contributed by atoms with E-state index in [9.17, 15) is 13.2 Å². The van der Waals surface area contributed by atoms with E-state index in [1.54, 1.807) is 0 Å². The number of sulfonamides is 1. The quantitative estimate of drug-likeness (QED) is 0.859. The van der Waals surface area contributed by atoms with Crippen LogP contribution in [0.3, 0.4) is 0 Å². The Balaban J connectivity index is 1.48. The van der Waals surface area contributed by atoms with E-state index in [0.717, 1.165) is 16.7 Å². The highest BCUT2D eigenvalue weighted by atomic mass is 32.2. The number of aryl methyl sites for hydroxylation is 1. The van der Waals surface area contributed by atoms with Gasteiger partial charge in [-0.05, 0) is 18.6 Å². The molecular weight excluding hydrogens is 374 g/mol. The summed E-state index contributed by atoms with van der Waals surface area (Å²) in [4.78, 5) is 17.2. The normalized spacial score (nSPS) is 19.5. The fraction of sp³-hybridized carbons (Fsp3) is 0.333. The van der Waals surface area contributed by atoms with Crippen molar-refractivity contribution >= 4 is 21.6 Å². The van der Waals surface area contributed by atoms with Crippen molar-refractivity contribution in [3.63, 3.8) is 0 Å². The van der Waals surface area contributed by atoms with Crippen LogP contribution in [0.4, 0.5) is 0 Å². The van der Waals surface area contributed by atoms with Crippen molar-refractivity contribution in [2.24, 2.45) is 4.99 Å². The van der Waals surface area contributed by atoms with E-state index in [-0.39, 0.29) is 11.7 Å². The van der Waals surface area contributed by atoms with Crippen molar-refractivity contribution in [1.82, 2.24) is 9.62 Å². The SMILES string of the molecule is Cc1cccc(C2=NC3(CCN(S(=O)(=O)Cc4ccccc4)CC3)NC2=O)c1. The van der Waals surface area contributed by atoms with E-state index in [1.807, 2.05) is 61.5 Å². The Labute approximate surface area is 165 Å². The number of carbonyl (C=O) groups is 1. The Morgan fingerprint density at radius 2 is 1.79 bits per heavy atom. The minimum Gasteiger partial charge on any atom is -0.326 e. The molecule has 7 heteroatoms. The maximum Gasteiger partial charge on any atom is 0.272 e. The van der Waals surface area contributed by atoms with Crippen molar-refractivity contribution < 1.29 is 13.2 Å². The number of rotatable bonds is 4. The summed E-state index contributed by atoms with van der Waals surface area (Å²) >= 11 is 0. The van der Waals surface area contributed by atoms with Crippen LogP contribution in [0.15, 0.2) is 59.6 Å². The standard InChI is InChI=1S/C21H23N3O3S/c1-16-6-5-9-18(14-16)19-20(25)23-21(22-19)10-12-24(13-11-21)28(26,27)15-17-7-3-2-4-8-17/h2-9,14H,10-13,15H2,1H3,(H,23,25). The van der Waals surface area contributed by atoms with Crippen LogP contribution in [0.5, 0.6) is 0 Å². The molecule has 2 aliphatic rings. The third-order valence-electron chi connectivity index (χ3n) is 5.31. The summed E-state index contributed by atoms with van der Waals surface area (Å²) in [5, 5.41) is 2.99. The Kier molecular flexibility index (Phi) is 4.81. The first-order chi connectivity index (χ1) is 13.4. The number of hydrogen-bond acceptors (Lipinski definition) is 4. The summed E-state index contributed by atoms with van der Waals surface area (Å²) in [6.45, 7) is 2.67. The molecule has 146 valence electrons. The zero-order chi connectivity index (χ0) is 19.8. The van der Waals surface area contributed by atoms with E-state index >= 15 is 0 Å². The molecule has 2 aromatic carbocycles. The van der Waals surface area contributed by atoms with Gasteiger partial charge in [-0.25, -0.2) is 12.7 Å². The molecule has 1 amide bonds. The van der Waals surface area contributed by atoms with Gasteiger partial charge in [-0.15, -0.1) is 0 Å². The van der Waals surface area contributed by atoms with Gasteiger partial charge < -0.3 is 5.32 Å². The van der Waals surface area contributed by atoms with Gasteiger partial charge in [0.15, 0.2) is 0 Å². The van der Waals surface area contributed by atoms with Crippen LogP contribution in [0.2, 0.25) is 0 Å². The van der Waals surface area contributed by atoms with Crippen LogP contribution in [-0.2, 0) is 20.6 Å². The molecule has 28 heavy (non-hydrogen) atoms. The van der Waals surface area contributed by atoms with E-state index < -0.39 is 15.7 Å². The number of hydrogen-bond donors (Lipinski definition) is 1. The van der Waals surface area contributed by atoms with E-state index in [0.29, 0.717) is 31.6 Å². The summed E-state index contributed by atoms with van der Waals surface area (Å²) in [5.41, 5.74) is 2.37. The zero-order valence-corrected chi connectivity index (χ0v) is 16.6. The third kappa shape index (κ3) is 3.72. The van der Waals surface area contributed by atoms with Crippen LogP contribution in [0.1, 0.15) is 29.5 Å². The second kappa shape index (κ2) is 7.14. The fourth-order valence-electron chi connectivity index (χ4n) is 3.80. The number of carbonyl (C=O) groups excluding carboxylic acids is 1.